The summed E-state index contributed by atoms with van der Waals surface area (Å²) >= 11 is 1.26. The van der Waals surface area contributed by atoms with Crippen molar-refractivity contribution in [3.63, 3.8) is 0 Å². The van der Waals surface area contributed by atoms with Gasteiger partial charge in [-0.05, 0) is 74.5 Å². The molecule has 5 fully saturated rings. The summed E-state index contributed by atoms with van der Waals surface area (Å²) in [6.45, 7) is 1.49. The number of thioether (sulfide) groups is 1. The quantitative estimate of drug-likeness (QED) is 0.620. The molecule has 7 rings (SSSR count). The zero-order valence-corrected chi connectivity index (χ0v) is 20.1. The molecule has 0 unspecified atom stereocenters. The molecule has 4 saturated carbocycles. The predicted molar refractivity (Wildman–Crippen MR) is 123 cm³/mol. The molecule has 2 aromatic rings. The van der Waals surface area contributed by atoms with E-state index in [2.05, 4.69) is 10.3 Å². The molecule has 2 heterocycles. The molecule has 1 amide bonds. The topological polar surface area (TPSA) is 102 Å². The minimum Gasteiger partial charge on any atom is -0.431 e. The van der Waals surface area contributed by atoms with Crippen molar-refractivity contribution in [2.45, 2.75) is 54.2 Å². The van der Waals surface area contributed by atoms with Crippen LogP contribution >= 0.6 is 11.8 Å². The number of carbonyl (C=O) groups is 1. The zero-order valence-electron chi connectivity index (χ0n) is 18.5. The van der Waals surface area contributed by atoms with Gasteiger partial charge in [-0.2, -0.15) is 4.31 Å². The standard InChI is InChI=1S/C23H29N3O5S2/c27-21(25-23-11-15-7-16(12-23)9-17(8-15)13-23)14-32-22-24-19-10-18(1-2-20(19)31-22)33(28,29)26-3-5-30-6-4-26/h1-2,10,15-17H,3-9,11-14H2,(H,25,27). The van der Waals surface area contributed by atoms with E-state index in [9.17, 15) is 13.2 Å². The molecular weight excluding hydrogens is 462 g/mol. The fourth-order valence-electron chi connectivity index (χ4n) is 6.77. The van der Waals surface area contributed by atoms with Crippen LogP contribution in [-0.2, 0) is 19.6 Å². The largest absolute Gasteiger partial charge is 0.431 e. The Labute approximate surface area is 197 Å². The average molecular weight is 492 g/mol. The van der Waals surface area contributed by atoms with Gasteiger partial charge in [0.15, 0.2) is 5.58 Å². The van der Waals surface area contributed by atoms with Crippen LogP contribution in [0.5, 0.6) is 0 Å². The molecule has 1 aromatic heterocycles. The van der Waals surface area contributed by atoms with Gasteiger partial charge in [0.1, 0.15) is 5.52 Å². The van der Waals surface area contributed by atoms with Crippen molar-refractivity contribution >= 4 is 38.8 Å². The zero-order chi connectivity index (χ0) is 22.6. The van der Waals surface area contributed by atoms with Gasteiger partial charge in [-0.3, -0.25) is 4.79 Å². The highest BCUT2D eigenvalue weighted by Gasteiger charge is 2.51. The number of hydrogen-bond acceptors (Lipinski definition) is 7. The second-order valence-electron chi connectivity index (χ2n) is 10.2. The lowest BCUT2D eigenvalue weighted by Gasteiger charge is -2.56. The Kier molecular flexibility index (Phi) is 5.47. The number of sulfonamides is 1. The summed E-state index contributed by atoms with van der Waals surface area (Å²) in [7, 11) is -3.60. The van der Waals surface area contributed by atoms with E-state index in [0.717, 1.165) is 37.0 Å². The van der Waals surface area contributed by atoms with E-state index >= 15 is 0 Å². The average Bonchev–Trinajstić information content (AvgIpc) is 3.19. The van der Waals surface area contributed by atoms with E-state index in [1.807, 2.05) is 0 Å². The molecule has 4 aliphatic carbocycles. The van der Waals surface area contributed by atoms with E-state index in [0.29, 0.717) is 42.6 Å². The second-order valence-corrected chi connectivity index (χ2v) is 13.0. The van der Waals surface area contributed by atoms with E-state index < -0.39 is 10.0 Å². The predicted octanol–water partition coefficient (Wildman–Crippen LogP) is 3.03. The second kappa shape index (κ2) is 8.25. The Morgan fingerprint density at radius 3 is 2.45 bits per heavy atom. The summed E-state index contributed by atoms with van der Waals surface area (Å²) < 4.78 is 38.3. The molecular formula is C23H29N3O5S2. The van der Waals surface area contributed by atoms with E-state index in [4.69, 9.17) is 9.15 Å². The molecule has 10 heteroatoms. The molecule has 0 spiro atoms. The number of hydrogen-bond donors (Lipinski definition) is 1. The highest BCUT2D eigenvalue weighted by atomic mass is 32.2. The maximum atomic E-state index is 12.9. The minimum absolute atomic E-state index is 0.00352. The number of benzene rings is 1. The molecule has 5 aliphatic rings. The van der Waals surface area contributed by atoms with Gasteiger partial charge < -0.3 is 14.5 Å². The number of nitrogens with one attached hydrogen (secondary N) is 1. The summed E-state index contributed by atoms with van der Waals surface area (Å²) in [5.74, 6) is 2.62. The van der Waals surface area contributed by atoms with Gasteiger partial charge in [0.05, 0.1) is 23.9 Å². The first-order valence-electron chi connectivity index (χ1n) is 11.8. The van der Waals surface area contributed by atoms with Crippen LogP contribution in [0.3, 0.4) is 0 Å². The number of rotatable bonds is 6. The van der Waals surface area contributed by atoms with Crippen LogP contribution in [0.15, 0.2) is 32.7 Å². The first-order valence-corrected chi connectivity index (χ1v) is 14.2. The lowest BCUT2D eigenvalue weighted by Crippen LogP contribution is -2.60. The van der Waals surface area contributed by atoms with Gasteiger partial charge in [-0.1, -0.05) is 11.8 Å². The third kappa shape index (κ3) is 4.19. The summed E-state index contributed by atoms with van der Waals surface area (Å²) in [5, 5.41) is 3.75. The van der Waals surface area contributed by atoms with Gasteiger partial charge in [-0.15, -0.1) is 0 Å². The summed E-state index contributed by atoms with van der Waals surface area (Å²) in [6.07, 6.45) is 7.40. The first kappa shape index (κ1) is 21.9. The van der Waals surface area contributed by atoms with Crippen LogP contribution in [0.1, 0.15) is 38.5 Å². The Bertz CT molecular complexity index is 1140. The fourth-order valence-corrected chi connectivity index (χ4v) is 8.83. The number of fused-ring (bicyclic) bond motifs is 1. The number of amides is 1. The molecule has 0 atom stereocenters. The lowest BCUT2D eigenvalue weighted by molar-refractivity contribution is -0.124. The lowest BCUT2D eigenvalue weighted by atomic mass is 9.53. The number of aromatic nitrogens is 1. The van der Waals surface area contributed by atoms with Gasteiger partial charge in [0, 0.05) is 18.6 Å². The Hall–Kier alpha value is -1.62. The Morgan fingerprint density at radius 1 is 1.12 bits per heavy atom. The number of morpholine rings is 1. The maximum absolute atomic E-state index is 12.9. The Balaban J connectivity index is 1.11. The number of ether oxygens (including phenoxy) is 1. The highest BCUT2D eigenvalue weighted by molar-refractivity contribution is 7.99. The number of nitrogens with zero attached hydrogens (tertiary/aromatic N) is 2. The molecule has 0 radical (unpaired) electrons. The normalized spacial score (nSPS) is 31.8. The van der Waals surface area contributed by atoms with Gasteiger partial charge in [-0.25, -0.2) is 13.4 Å². The molecule has 4 bridgehead atoms. The molecule has 8 nitrogen and oxygen atoms in total. The van der Waals surface area contributed by atoms with Crippen LogP contribution in [0.2, 0.25) is 0 Å². The minimum atomic E-state index is -3.60. The summed E-state index contributed by atoms with van der Waals surface area (Å²) in [6, 6.07) is 4.73. The van der Waals surface area contributed by atoms with Crippen molar-refractivity contribution in [1.29, 1.82) is 0 Å². The summed E-state index contributed by atoms with van der Waals surface area (Å²) in [5.41, 5.74) is 0.990. The number of carbonyl (C=O) groups excluding carboxylic acids is 1. The van der Waals surface area contributed by atoms with Gasteiger partial charge in [0.25, 0.3) is 5.22 Å². The third-order valence-corrected chi connectivity index (χ3v) is 10.4. The third-order valence-electron chi connectivity index (χ3n) is 7.72. The van der Waals surface area contributed by atoms with Crippen molar-refractivity contribution in [3.05, 3.63) is 18.2 Å². The van der Waals surface area contributed by atoms with E-state index in [1.54, 1.807) is 18.2 Å². The number of oxazole rings is 1. The Morgan fingerprint density at radius 2 is 1.79 bits per heavy atom. The molecule has 33 heavy (non-hydrogen) atoms. The molecule has 1 N–H and O–H groups in total. The van der Waals surface area contributed by atoms with Crippen molar-refractivity contribution in [2.75, 3.05) is 32.1 Å². The van der Waals surface area contributed by atoms with Crippen LogP contribution in [0.4, 0.5) is 0 Å². The van der Waals surface area contributed by atoms with Crippen molar-refractivity contribution in [1.82, 2.24) is 14.6 Å². The maximum Gasteiger partial charge on any atom is 0.257 e. The molecule has 178 valence electrons. The monoisotopic (exact) mass is 491 g/mol. The highest BCUT2D eigenvalue weighted by Crippen LogP contribution is 2.55. The van der Waals surface area contributed by atoms with Crippen molar-refractivity contribution < 1.29 is 22.4 Å². The molecule has 1 aromatic carbocycles. The summed E-state index contributed by atoms with van der Waals surface area (Å²) in [4.78, 5) is 17.4. The molecule has 1 aliphatic heterocycles. The smallest absolute Gasteiger partial charge is 0.257 e. The van der Waals surface area contributed by atoms with Crippen molar-refractivity contribution in [2.24, 2.45) is 17.8 Å². The SMILES string of the molecule is O=C(CSc1nc2cc(S(=O)(=O)N3CCOCC3)ccc2o1)NC12CC3CC(CC(C3)C1)C2. The van der Waals surface area contributed by atoms with Crippen molar-refractivity contribution in [3.8, 4) is 0 Å². The van der Waals surface area contributed by atoms with E-state index in [-0.39, 0.29) is 22.1 Å². The van der Waals surface area contributed by atoms with Crippen LogP contribution in [0, 0.1) is 17.8 Å². The van der Waals surface area contributed by atoms with Crippen LogP contribution in [-0.4, -0.2) is 61.2 Å². The van der Waals surface area contributed by atoms with Crippen LogP contribution in [0.25, 0.3) is 11.1 Å². The van der Waals surface area contributed by atoms with Gasteiger partial charge >= 0.3 is 0 Å². The van der Waals surface area contributed by atoms with E-state index in [1.165, 1.54) is 35.3 Å². The van der Waals surface area contributed by atoms with Gasteiger partial charge in [0.2, 0.25) is 15.9 Å². The fraction of sp³-hybridized carbons (Fsp3) is 0.652. The van der Waals surface area contributed by atoms with Crippen LogP contribution < -0.4 is 5.32 Å². The first-order chi connectivity index (χ1) is 15.9. The molecule has 1 saturated heterocycles.